The van der Waals surface area contributed by atoms with Gasteiger partial charge in [-0.25, -0.2) is 9.18 Å². The highest BCUT2D eigenvalue weighted by molar-refractivity contribution is 6.50. The molecule has 235 valence electrons. The van der Waals surface area contributed by atoms with Gasteiger partial charge in [-0.3, -0.25) is 0 Å². The van der Waals surface area contributed by atoms with Crippen molar-refractivity contribution in [2.24, 2.45) is 0 Å². The van der Waals surface area contributed by atoms with E-state index in [0.717, 1.165) is 30.5 Å². The monoisotopic (exact) mass is 609 g/mol. The number of benzene rings is 1. The van der Waals surface area contributed by atoms with Crippen LogP contribution in [0.2, 0.25) is 0 Å². The minimum absolute atomic E-state index is 0.0910. The van der Waals surface area contributed by atoms with Gasteiger partial charge in [0.25, 0.3) is 0 Å². The molecule has 2 rings (SSSR count). The van der Waals surface area contributed by atoms with Crippen molar-refractivity contribution in [2.75, 3.05) is 0 Å². The topological polar surface area (TPSA) is 46.5 Å². The molecule has 0 aliphatic carbocycles. The summed E-state index contributed by atoms with van der Waals surface area (Å²) in [5, 5.41) is 10.1. The quantitative estimate of drug-likeness (QED) is 0.105. The Morgan fingerprint density at radius 1 is 1.14 bits per heavy atom. The van der Waals surface area contributed by atoms with E-state index >= 15 is 0 Å². The van der Waals surface area contributed by atoms with Crippen LogP contribution in [0.1, 0.15) is 96.7 Å². The summed E-state index contributed by atoms with van der Waals surface area (Å²) in [6.45, 7) is 20.6. The number of hydrogen-bond donors (Lipinski definition) is 1. The summed E-state index contributed by atoms with van der Waals surface area (Å²) < 4.78 is 63.5. The van der Waals surface area contributed by atoms with E-state index in [2.05, 4.69) is 13.2 Å². The summed E-state index contributed by atoms with van der Waals surface area (Å²) in [6.07, 6.45) is 5.51. The lowest BCUT2D eigenvalue weighted by Crippen LogP contribution is -2.19. The van der Waals surface area contributed by atoms with Crippen molar-refractivity contribution in [3.8, 4) is 5.75 Å². The van der Waals surface area contributed by atoms with Gasteiger partial charge in [0.05, 0.1) is 11.1 Å². The molecule has 0 amide bonds. The second-order valence-electron chi connectivity index (χ2n) is 10.9. The predicted molar refractivity (Wildman–Crippen MR) is 173 cm³/mol. The molecule has 0 aromatic heterocycles. The van der Waals surface area contributed by atoms with E-state index in [1.54, 1.807) is 34.1 Å². The number of carbonyl (C=O) groups is 1. The largest absolute Gasteiger partial charge is 0.478 e. The van der Waals surface area contributed by atoms with Crippen LogP contribution >= 0.6 is 0 Å². The highest BCUT2D eigenvalue weighted by atomic mass is 19.4. The Bertz CT molecular complexity index is 1480. The standard InChI is InChI=1S/C36H42BF4O3/c1-10-14-15-28(38)18-26(13-4)33-24(8)23(7)29-19-27(36(39,40)41)20-30(34(29)44-33)25(9)37-31(17-16-21(5)11-2)32(35(42)43)22(6)12-3/h13,15-20,25H,4,7,10-12,14H2,1-3,5-6,8-9H3,(H,42,43)/b21-16+,26-18+,28-15+,31-17+,32-22-. The molecule has 44 heavy (non-hydrogen) atoms. The number of unbranched alkanes of at least 4 members (excludes halogenated alkanes) is 1. The molecule has 0 bridgehead atoms. The molecule has 0 fully saturated rings. The molecular formula is C36H42BF4O3. The number of carboxylic acids is 1. The van der Waals surface area contributed by atoms with Crippen LogP contribution in [-0.2, 0) is 11.0 Å². The number of allylic oxidation sites excluding steroid dienone is 10. The van der Waals surface area contributed by atoms with E-state index in [4.69, 9.17) is 4.74 Å². The lowest BCUT2D eigenvalue weighted by atomic mass is 9.54. The fourth-order valence-corrected chi connectivity index (χ4v) is 4.65. The van der Waals surface area contributed by atoms with Gasteiger partial charge < -0.3 is 9.84 Å². The maximum absolute atomic E-state index is 14.7. The first-order valence-electron chi connectivity index (χ1n) is 14.8. The van der Waals surface area contributed by atoms with Crippen LogP contribution in [0.4, 0.5) is 17.6 Å². The fraction of sp³-hybridized carbons (Fsp3) is 0.361. The van der Waals surface area contributed by atoms with Crippen molar-refractivity contribution in [3.63, 3.8) is 0 Å². The molecule has 0 saturated carbocycles. The van der Waals surface area contributed by atoms with Crippen LogP contribution in [0.3, 0.4) is 0 Å². The Labute approximate surface area is 260 Å². The van der Waals surface area contributed by atoms with Gasteiger partial charge in [0.2, 0.25) is 0 Å². The van der Waals surface area contributed by atoms with Gasteiger partial charge in [0, 0.05) is 11.1 Å². The van der Waals surface area contributed by atoms with Gasteiger partial charge in [-0.2, -0.15) is 13.2 Å². The van der Waals surface area contributed by atoms with E-state index in [1.807, 2.05) is 33.8 Å². The van der Waals surface area contributed by atoms with E-state index < -0.39 is 29.4 Å². The van der Waals surface area contributed by atoms with Crippen LogP contribution in [0.25, 0.3) is 5.57 Å². The first-order chi connectivity index (χ1) is 20.6. The molecule has 0 saturated heterocycles. The maximum Gasteiger partial charge on any atom is 0.416 e. The second-order valence-corrected chi connectivity index (χ2v) is 10.9. The van der Waals surface area contributed by atoms with Crippen LogP contribution < -0.4 is 4.74 Å². The van der Waals surface area contributed by atoms with Gasteiger partial charge >= 0.3 is 12.1 Å². The van der Waals surface area contributed by atoms with Crippen LogP contribution in [-0.4, -0.2) is 18.4 Å². The van der Waals surface area contributed by atoms with Crippen molar-refractivity contribution in [1.82, 2.24) is 0 Å². The van der Waals surface area contributed by atoms with Crippen molar-refractivity contribution >= 4 is 18.8 Å². The van der Waals surface area contributed by atoms with Crippen molar-refractivity contribution < 1.29 is 32.2 Å². The van der Waals surface area contributed by atoms with E-state index in [9.17, 15) is 27.5 Å². The zero-order valence-electron chi connectivity index (χ0n) is 26.7. The van der Waals surface area contributed by atoms with Gasteiger partial charge in [-0.15, -0.1) is 0 Å². The molecule has 1 aromatic rings. The van der Waals surface area contributed by atoms with Gasteiger partial charge in [0.1, 0.15) is 17.3 Å². The van der Waals surface area contributed by atoms with Gasteiger partial charge in [-0.1, -0.05) is 82.1 Å². The smallest absolute Gasteiger partial charge is 0.416 e. The third-order valence-electron chi connectivity index (χ3n) is 7.66. The highest BCUT2D eigenvalue weighted by Gasteiger charge is 2.36. The van der Waals surface area contributed by atoms with Crippen LogP contribution in [0.15, 0.2) is 101 Å². The predicted octanol–water partition coefficient (Wildman–Crippen LogP) is 11.0. The first-order valence-corrected chi connectivity index (χ1v) is 14.8. The van der Waals surface area contributed by atoms with Crippen molar-refractivity contribution in [2.45, 2.75) is 86.1 Å². The number of halogens is 4. The molecule has 1 radical (unpaired) electrons. The minimum Gasteiger partial charge on any atom is -0.478 e. The number of aliphatic carboxylic acids is 1. The Kier molecular flexibility index (Phi) is 13.1. The highest BCUT2D eigenvalue weighted by Crippen LogP contribution is 2.47. The summed E-state index contributed by atoms with van der Waals surface area (Å²) in [5.74, 6) is -1.96. The molecule has 1 N–H and O–H groups in total. The number of carboxylic acid groups (broad SMARTS) is 1. The summed E-state index contributed by atoms with van der Waals surface area (Å²) >= 11 is 0. The number of alkyl halides is 3. The molecule has 1 aliphatic rings. The Hall–Kier alpha value is -3.81. The molecule has 8 heteroatoms. The van der Waals surface area contributed by atoms with E-state index in [0.29, 0.717) is 40.6 Å². The van der Waals surface area contributed by atoms with Crippen LogP contribution in [0, 0.1) is 0 Å². The molecule has 1 aliphatic heterocycles. The summed E-state index contributed by atoms with van der Waals surface area (Å²) in [4.78, 5) is 12.4. The molecule has 3 nitrogen and oxygen atoms in total. The molecule has 1 unspecified atom stereocenters. The molecular weight excluding hydrogens is 567 g/mol. The summed E-state index contributed by atoms with van der Waals surface area (Å²) in [5.41, 5.74) is 2.63. The lowest BCUT2D eigenvalue weighted by Gasteiger charge is -2.29. The average Bonchev–Trinajstić information content (AvgIpc) is 2.97. The third kappa shape index (κ3) is 8.87. The lowest BCUT2D eigenvalue weighted by molar-refractivity contribution is -0.137. The van der Waals surface area contributed by atoms with E-state index in [1.165, 1.54) is 18.2 Å². The zero-order valence-corrected chi connectivity index (χ0v) is 26.7. The molecule has 1 atom stereocenters. The van der Waals surface area contributed by atoms with Crippen LogP contribution in [0.5, 0.6) is 5.75 Å². The number of fused-ring (bicyclic) bond motifs is 1. The van der Waals surface area contributed by atoms with Crippen molar-refractivity contribution in [1.29, 1.82) is 0 Å². The van der Waals surface area contributed by atoms with Gasteiger partial charge in [0.15, 0.2) is 7.28 Å². The normalized spacial score (nSPS) is 16.3. The molecule has 1 aromatic carbocycles. The number of ether oxygens (including phenoxy) is 1. The van der Waals surface area contributed by atoms with Gasteiger partial charge in [-0.05, 0) is 86.8 Å². The van der Waals surface area contributed by atoms with Crippen molar-refractivity contribution in [3.05, 3.63) is 117 Å². The zero-order chi connectivity index (χ0) is 33.4. The Morgan fingerprint density at radius 3 is 2.32 bits per heavy atom. The first kappa shape index (κ1) is 36.4. The Balaban J connectivity index is 2.83. The fourth-order valence-electron chi connectivity index (χ4n) is 4.65. The summed E-state index contributed by atoms with van der Waals surface area (Å²) in [6, 6.07) is 2.02. The third-order valence-corrected chi connectivity index (χ3v) is 7.66. The Morgan fingerprint density at radius 2 is 1.80 bits per heavy atom. The number of hydrogen-bond acceptors (Lipinski definition) is 2. The molecule has 0 spiro atoms. The second kappa shape index (κ2) is 15.8. The SMILES string of the molecule is C=C/C(=C\C(F)=C/CCC)C1=C(C)C(=C)c2cc(C(F)(F)F)cc(C(C)[B]C(=C/C=C(\C)CC)/C(C(=O)O)=C(\C)CC)c2O1. The average molecular weight is 610 g/mol. The molecule has 1 heterocycles. The minimum atomic E-state index is -4.66. The number of rotatable bonds is 13. The maximum atomic E-state index is 14.7. The summed E-state index contributed by atoms with van der Waals surface area (Å²) in [7, 11) is 1.65. The van der Waals surface area contributed by atoms with E-state index in [-0.39, 0.29) is 28.2 Å².